The second-order valence-electron chi connectivity index (χ2n) is 7.19. The molecule has 0 fully saturated rings. The highest BCUT2D eigenvalue weighted by molar-refractivity contribution is 7.93. The van der Waals surface area contributed by atoms with E-state index in [2.05, 4.69) is 17.2 Å². The Morgan fingerprint density at radius 2 is 1.88 bits per heavy atom. The summed E-state index contributed by atoms with van der Waals surface area (Å²) in [7, 11) is -4.07. The van der Waals surface area contributed by atoms with E-state index in [1.807, 2.05) is 13.8 Å². The Balaban J connectivity index is 2.21. The summed E-state index contributed by atoms with van der Waals surface area (Å²) < 4.78 is 27.9. The Kier molecular flexibility index (Phi) is 9.28. The Bertz CT molecular complexity index is 1060. The number of hydrogen-bond acceptors (Lipinski definition) is 4. The smallest absolute Gasteiger partial charge is 0.266 e. The molecular weight excluding hydrogens is 450 g/mol. The van der Waals surface area contributed by atoms with Gasteiger partial charge in [-0.1, -0.05) is 42.8 Å². The maximum atomic E-state index is 13.4. The maximum Gasteiger partial charge on any atom is 0.266 e. The number of hydrogen-bond donors (Lipinski definition) is 2. The minimum atomic E-state index is -4.07. The Labute approximate surface area is 194 Å². The highest BCUT2D eigenvalue weighted by Gasteiger charge is 2.27. The van der Waals surface area contributed by atoms with Gasteiger partial charge < -0.3 is 10.6 Å². The molecule has 2 N–H and O–H groups in total. The molecule has 32 heavy (non-hydrogen) atoms. The maximum absolute atomic E-state index is 13.4. The minimum Gasteiger partial charge on any atom is -0.354 e. The van der Waals surface area contributed by atoms with Crippen LogP contribution in [0.25, 0.3) is 0 Å². The van der Waals surface area contributed by atoms with Crippen molar-refractivity contribution in [2.75, 3.05) is 17.4 Å². The highest BCUT2D eigenvalue weighted by Crippen LogP contribution is 2.29. The fourth-order valence-electron chi connectivity index (χ4n) is 2.86. The molecular formula is C23H28ClN3O4S. The van der Waals surface area contributed by atoms with Gasteiger partial charge in [-0.15, -0.1) is 6.58 Å². The van der Waals surface area contributed by atoms with Crippen LogP contribution >= 0.6 is 11.6 Å². The second-order valence-corrected chi connectivity index (χ2v) is 9.43. The van der Waals surface area contributed by atoms with Crippen LogP contribution in [0.3, 0.4) is 0 Å². The molecule has 0 radical (unpaired) electrons. The predicted molar refractivity (Wildman–Crippen MR) is 127 cm³/mol. The van der Waals surface area contributed by atoms with Gasteiger partial charge in [0.05, 0.1) is 17.3 Å². The van der Waals surface area contributed by atoms with Gasteiger partial charge in [0.25, 0.3) is 15.9 Å². The summed E-state index contributed by atoms with van der Waals surface area (Å²) in [6.07, 6.45) is 2.40. The molecule has 0 aliphatic heterocycles. The molecule has 2 aromatic carbocycles. The van der Waals surface area contributed by atoms with E-state index in [-0.39, 0.29) is 46.9 Å². The van der Waals surface area contributed by atoms with Crippen molar-refractivity contribution in [1.29, 1.82) is 0 Å². The Hall–Kier alpha value is -2.84. The van der Waals surface area contributed by atoms with E-state index in [4.69, 9.17) is 11.6 Å². The van der Waals surface area contributed by atoms with E-state index in [1.54, 1.807) is 30.3 Å². The molecule has 0 spiro atoms. The normalized spacial score (nSPS) is 12.0. The SMILES string of the molecule is C=CCN(c1ccccc1)S(=O)(=O)c1cc(C(=O)NCCC(=O)NC(C)CC)ccc1Cl. The molecule has 1 unspecified atom stereocenters. The molecule has 0 saturated heterocycles. The first-order chi connectivity index (χ1) is 15.2. The molecule has 0 saturated carbocycles. The van der Waals surface area contributed by atoms with E-state index >= 15 is 0 Å². The molecule has 0 aliphatic rings. The van der Waals surface area contributed by atoms with E-state index < -0.39 is 15.9 Å². The number of rotatable bonds is 11. The number of para-hydroxylation sites is 1. The molecule has 2 aromatic rings. The van der Waals surface area contributed by atoms with Crippen molar-refractivity contribution in [2.24, 2.45) is 0 Å². The first-order valence-electron chi connectivity index (χ1n) is 10.3. The number of anilines is 1. The zero-order valence-corrected chi connectivity index (χ0v) is 19.7. The van der Waals surface area contributed by atoms with Crippen molar-refractivity contribution in [1.82, 2.24) is 10.6 Å². The molecule has 2 amide bonds. The van der Waals surface area contributed by atoms with Crippen molar-refractivity contribution >= 4 is 39.1 Å². The predicted octanol–water partition coefficient (Wildman–Crippen LogP) is 3.76. The van der Waals surface area contributed by atoms with Crippen LogP contribution in [0.4, 0.5) is 5.69 Å². The Morgan fingerprint density at radius 1 is 1.19 bits per heavy atom. The quantitative estimate of drug-likeness (QED) is 0.482. The number of amides is 2. The first kappa shape index (κ1) is 25.4. The molecule has 0 bridgehead atoms. The fraction of sp³-hybridized carbons (Fsp3) is 0.304. The summed E-state index contributed by atoms with van der Waals surface area (Å²) in [6.45, 7) is 7.66. The van der Waals surface area contributed by atoms with Crippen LogP contribution in [0.1, 0.15) is 37.0 Å². The Morgan fingerprint density at radius 3 is 2.50 bits per heavy atom. The summed E-state index contributed by atoms with van der Waals surface area (Å²) in [5.41, 5.74) is 0.576. The van der Waals surface area contributed by atoms with Gasteiger partial charge in [0.2, 0.25) is 5.91 Å². The lowest BCUT2D eigenvalue weighted by atomic mass is 10.2. The van der Waals surface area contributed by atoms with E-state index in [0.717, 1.165) is 6.42 Å². The van der Waals surface area contributed by atoms with Gasteiger partial charge in [-0.3, -0.25) is 13.9 Å². The third kappa shape index (κ3) is 6.58. The molecule has 0 aliphatic carbocycles. The van der Waals surface area contributed by atoms with Gasteiger partial charge in [-0.2, -0.15) is 0 Å². The van der Waals surface area contributed by atoms with E-state index in [9.17, 15) is 18.0 Å². The van der Waals surface area contributed by atoms with Gasteiger partial charge in [0, 0.05) is 24.6 Å². The number of carbonyl (C=O) groups excluding carboxylic acids is 2. The zero-order valence-electron chi connectivity index (χ0n) is 18.2. The average molecular weight is 478 g/mol. The van der Waals surface area contributed by atoms with E-state index in [1.165, 1.54) is 28.6 Å². The van der Waals surface area contributed by atoms with Gasteiger partial charge in [-0.05, 0) is 43.7 Å². The number of halogens is 1. The lowest BCUT2D eigenvalue weighted by Gasteiger charge is -2.24. The summed E-state index contributed by atoms with van der Waals surface area (Å²) in [4.78, 5) is 24.2. The topological polar surface area (TPSA) is 95.6 Å². The molecule has 9 heteroatoms. The summed E-state index contributed by atoms with van der Waals surface area (Å²) in [5.74, 6) is -0.661. The number of nitrogens with one attached hydrogen (secondary N) is 2. The van der Waals surface area contributed by atoms with Crippen molar-refractivity contribution in [3.63, 3.8) is 0 Å². The molecule has 0 aromatic heterocycles. The van der Waals surface area contributed by atoms with Crippen LogP contribution in [0.5, 0.6) is 0 Å². The van der Waals surface area contributed by atoms with Gasteiger partial charge >= 0.3 is 0 Å². The monoisotopic (exact) mass is 477 g/mol. The summed E-state index contributed by atoms with van der Waals surface area (Å²) in [6, 6.07) is 12.7. The van der Waals surface area contributed by atoms with Gasteiger partial charge in [0.1, 0.15) is 4.90 Å². The van der Waals surface area contributed by atoms with Crippen LogP contribution in [-0.4, -0.2) is 39.4 Å². The molecule has 0 heterocycles. The molecule has 172 valence electrons. The van der Waals surface area contributed by atoms with E-state index in [0.29, 0.717) is 5.69 Å². The number of nitrogens with zero attached hydrogens (tertiary/aromatic N) is 1. The molecule has 2 rings (SSSR count). The second kappa shape index (κ2) is 11.7. The average Bonchev–Trinajstić information content (AvgIpc) is 2.77. The minimum absolute atomic E-state index is 0.000487. The van der Waals surface area contributed by atoms with Crippen LogP contribution in [0.2, 0.25) is 5.02 Å². The number of carbonyl (C=O) groups is 2. The highest BCUT2D eigenvalue weighted by atomic mass is 35.5. The third-order valence-electron chi connectivity index (χ3n) is 4.76. The van der Waals surface area contributed by atoms with Crippen molar-refractivity contribution in [3.8, 4) is 0 Å². The fourth-order valence-corrected chi connectivity index (χ4v) is 4.79. The van der Waals surface area contributed by atoms with Crippen LogP contribution < -0.4 is 14.9 Å². The summed E-state index contributed by atoms with van der Waals surface area (Å²) in [5, 5.41) is 5.46. The van der Waals surface area contributed by atoms with Gasteiger partial charge in [0.15, 0.2) is 0 Å². The number of sulfonamides is 1. The molecule has 1 atom stereocenters. The van der Waals surface area contributed by atoms with Crippen LogP contribution in [0.15, 0.2) is 66.1 Å². The largest absolute Gasteiger partial charge is 0.354 e. The lowest BCUT2D eigenvalue weighted by molar-refractivity contribution is -0.121. The van der Waals surface area contributed by atoms with Crippen LogP contribution in [-0.2, 0) is 14.8 Å². The zero-order chi connectivity index (χ0) is 23.7. The standard InChI is InChI=1S/C23H28ClN3O4S/c1-4-15-27(19-9-7-6-8-10-19)32(30,31)21-16-18(11-12-20(21)24)23(29)25-14-13-22(28)26-17(3)5-2/h4,6-12,16-17H,1,5,13-15H2,2-3H3,(H,25,29)(H,26,28). The van der Waals surface area contributed by atoms with Crippen LogP contribution in [0, 0.1) is 0 Å². The van der Waals surface area contributed by atoms with Gasteiger partial charge in [-0.25, -0.2) is 8.42 Å². The summed E-state index contributed by atoms with van der Waals surface area (Å²) >= 11 is 6.21. The third-order valence-corrected chi connectivity index (χ3v) is 7.03. The van der Waals surface area contributed by atoms with Crippen molar-refractivity contribution in [3.05, 3.63) is 71.8 Å². The van der Waals surface area contributed by atoms with Crippen molar-refractivity contribution < 1.29 is 18.0 Å². The molecule has 7 nitrogen and oxygen atoms in total. The van der Waals surface area contributed by atoms with Crippen molar-refractivity contribution in [2.45, 2.75) is 37.6 Å². The first-order valence-corrected chi connectivity index (χ1v) is 12.1. The lowest BCUT2D eigenvalue weighted by Crippen LogP contribution is -2.35. The number of benzene rings is 2.